The second-order valence-corrected chi connectivity index (χ2v) is 4.65. The summed E-state index contributed by atoms with van der Waals surface area (Å²) in [5, 5.41) is 8.31. The van der Waals surface area contributed by atoms with E-state index in [0.29, 0.717) is 18.1 Å². The number of aryl methyl sites for hydroxylation is 1. The highest BCUT2D eigenvalue weighted by Gasteiger charge is 2.16. The summed E-state index contributed by atoms with van der Waals surface area (Å²) in [5.41, 5.74) is 0.0527. The van der Waals surface area contributed by atoms with E-state index >= 15 is 0 Å². The molecule has 5 nitrogen and oxygen atoms in total. The first-order valence-corrected chi connectivity index (χ1v) is 4.94. The van der Waals surface area contributed by atoms with Gasteiger partial charge in [-0.2, -0.15) is 0 Å². The van der Waals surface area contributed by atoms with Crippen molar-refractivity contribution in [3.63, 3.8) is 0 Å². The topological polar surface area (TPSA) is 71.7 Å². The molecule has 1 heterocycles. The normalized spacial score (nSPS) is 11.5. The molecule has 0 unspecified atom stereocenters. The molecular weight excluding hydrogens is 194 g/mol. The lowest BCUT2D eigenvalue weighted by Gasteiger charge is -2.15. The highest BCUT2D eigenvalue weighted by molar-refractivity contribution is 5.90. The van der Waals surface area contributed by atoms with E-state index in [4.69, 9.17) is 4.52 Å². The zero-order valence-corrected chi connectivity index (χ0v) is 9.63. The third-order valence-corrected chi connectivity index (χ3v) is 1.80. The summed E-state index contributed by atoms with van der Waals surface area (Å²) < 4.78 is 4.84. The summed E-state index contributed by atoms with van der Waals surface area (Å²) in [6, 6.07) is 1.69. The minimum absolute atomic E-state index is 0.0527. The summed E-state index contributed by atoms with van der Waals surface area (Å²) >= 11 is 0. The maximum atomic E-state index is 11.4. The van der Waals surface area contributed by atoms with Crippen molar-refractivity contribution in [3.8, 4) is 0 Å². The molecule has 0 aliphatic rings. The number of quaternary nitrogens is 1. The van der Waals surface area contributed by atoms with E-state index in [9.17, 15) is 4.79 Å². The van der Waals surface area contributed by atoms with Crippen molar-refractivity contribution in [3.05, 3.63) is 11.8 Å². The molecule has 1 aromatic heterocycles. The Kier molecular flexibility index (Phi) is 3.47. The first-order chi connectivity index (χ1) is 6.87. The molecule has 1 amide bonds. The van der Waals surface area contributed by atoms with Gasteiger partial charge in [0.15, 0.2) is 12.4 Å². The molecule has 0 aliphatic carbocycles. The Morgan fingerprint density at radius 2 is 2.27 bits per heavy atom. The molecule has 5 heteroatoms. The van der Waals surface area contributed by atoms with Crippen LogP contribution in [0.1, 0.15) is 26.5 Å². The lowest BCUT2D eigenvalue weighted by molar-refractivity contribution is -0.707. The van der Waals surface area contributed by atoms with Crippen molar-refractivity contribution in [2.45, 2.75) is 33.2 Å². The maximum absolute atomic E-state index is 11.4. The third-order valence-electron chi connectivity index (χ3n) is 1.80. The van der Waals surface area contributed by atoms with E-state index in [1.807, 2.05) is 5.32 Å². The molecular formula is C10H18N3O2+. The number of hydrogen-bond acceptors (Lipinski definition) is 3. The van der Waals surface area contributed by atoms with Crippen LogP contribution in [-0.4, -0.2) is 23.1 Å². The zero-order valence-electron chi connectivity index (χ0n) is 9.63. The van der Waals surface area contributed by atoms with E-state index in [-0.39, 0.29) is 11.4 Å². The number of carbonyl (C=O) groups excluding carboxylic acids is 1. The number of aromatic nitrogens is 1. The fourth-order valence-electron chi connectivity index (χ4n) is 1.02. The van der Waals surface area contributed by atoms with Gasteiger partial charge >= 0.3 is 0 Å². The van der Waals surface area contributed by atoms with Gasteiger partial charge in [0.1, 0.15) is 5.76 Å². The maximum Gasteiger partial charge on any atom is 0.280 e. The number of nitrogens with two attached hydrogens (primary N) is 1. The second-order valence-electron chi connectivity index (χ2n) is 4.65. The summed E-state index contributed by atoms with van der Waals surface area (Å²) in [6.45, 7) is 8.33. The third kappa shape index (κ3) is 4.60. The standard InChI is InChI=1S/C10H17N3O2/c1-7-5-8(13-15-7)12-9(14)6-11-10(2,3)4/h5,11H,6H2,1-4H3,(H,12,13,14)/p+1. The van der Waals surface area contributed by atoms with Crippen LogP contribution in [0.5, 0.6) is 0 Å². The van der Waals surface area contributed by atoms with Gasteiger partial charge in [-0.05, 0) is 27.7 Å². The Labute approximate surface area is 89.2 Å². The second kappa shape index (κ2) is 4.44. The Bertz CT molecular complexity index is 339. The molecule has 0 spiro atoms. The molecule has 0 saturated carbocycles. The molecule has 0 fully saturated rings. The van der Waals surface area contributed by atoms with Crippen molar-refractivity contribution >= 4 is 11.7 Å². The zero-order chi connectivity index (χ0) is 11.5. The van der Waals surface area contributed by atoms with E-state index in [2.05, 4.69) is 31.2 Å². The van der Waals surface area contributed by atoms with E-state index in [0.717, 1.165) is 0 Å². The highest BCUT2D eigenvalue weighted by atomic mass is 16.5. The molecule has 0 radical (unpaired) electrons. The molecule has 84 valence electrons. The Morgan fingerprint density at radius 3 is 2.73 bits per heavy atom. The minimum Gasteiger partial charge on any atom is -0.360 e. The molecule has 0 bridgehead atoms. The molecule has 3 N–H and O–H groups in total. The molecule has 0 saturated heterocycles. The molecule has 0 atom stereocenters. The SMILES string of the molecule is Cc1cc(NC(=O)C[NH2+]C(C)(C)C)no1. The van der Waals surface area contributed by atoms with Gasteiger partial charge in [0.25, 0.3) is 5.91 Å². The first-order valence-electron chi connectivity index (χ1n) is 4.94. The van der Waals surface area contributed by atoms with Crippen molar-refractivity contribution in [1.29, 1.82) is 0 Å². The Hall–Kier alpha value is -1.36. The van der Waals surface area contributed by atoms with Gasteiger partial charge < -0.3 is 15.2 Å². The summed E-state index contributed by atoms with van der Waals surface area (Å²) in [4.78, 5) is 11.4. The van der Waals surface area contributed by atoms with Crippen LogP contribution in [0.2, 0.25) is 0 Å². The predicted octanol–water partition coefficient (Wildman–Crippen LogP) is 0.283. The number of amides is 1. The van der Waals surface area contributed by atoms with Crippen LogP contribution in [0.25, 0.3) is 0 Å². The van der Waals surface area contributed by atoms with Crippen LogP contribution >= 0.6 is 0 Å². The molecule has 0 aliphatic heterocycles. The molecule has 15 heavy (non-hydrogen) atoms. The lowest BCUT2D eigenvalue weighted by Crippen LogP contribution is -2.95. The van der Waals surface area contributed by atoms with Crippen LogP contribution < -0.4 is 10.6 Å². The van der Waals surface area contributed by atoms with Gasteiger partial charge in [0.2, 0.25) is 0 Å². The van der Waals surface area contributed by atoms with Crippen LogP contribution in [0.15, 0.2) is 10.6 Å². The monoisotopic (exact) mass is 212 g/mol. The summed E-state index contributed by atoms with van der Waals surface area (Å²) in [5.74, 6) is 1.09. The summed E-state index contributed by atoms with van der Waals surface area (Å²) in [6.07, 6.45) is 0. The van der Waals surface area contributed by atoms with Crippen molar-refractivity contribution < 1.29 is 14.6 Å². The minimum atomic E-state index is -0.0711. The van der Waals surface area contributed by atoms with E-state index < -0.39 is 0 Å². The number of nitrogens with one attached hydrogen (secondary N) is 1. The number of anilines is 1. The number of nitrogens with zero attached hydrogens (tertiary/aromatic N) is 1. The van der Waals surface area contributed by atoms with Crippen LogP contribution in [0.4, 0.5) is 5.82 Å². The lowest BCUT2D eigenvalue weighted by atomic mass is 10.1. The fourth-order valence-corrected chi connectivity index (χ4v) is 1.02. The predicted molar refractivity (Wildman–Crippen MR) is 56.4 cm³/mol. The van der Waals surface area contributed by atoms with Gasteiger partial charge in [-0.25, -0.2) is 0 Å². The van der Waals surface area contributed by atoms with Crippen LogP contribution in [-0.2, 0) is 4.79 Å². The van der Waals surface area contributed by atoms with Gasteiger partial charge in [-0.1, -0.05) is 5.16 Å². The van der Waals surface area contributed by atoms with Crippen LogP contribution in [0.3, 0.4) is 0 Å². The quantitative estimate of drug-likeness (QED) is 0.756. The largest absolute Gasteiger partial charge is 0.360 e. The average Bonchev–Trinajstić information content (AvgIpc) is 2.47. The number of hydrogen-bond donors (Lipinski definition) is 2. The van der Waals surface area contributed by atoms with Gasteiger partial charge in [0.05, 0.1) is 5.54 Å². The van der Waals surface area contributed by atoms with E-state index in [1.165, 1.54) is 0 Å². The van der Waals surface area contributed by atoms with Gasteiger partial charge in [0, 0.05) is 6.07 Å². The highest BCUT2D eigenvalue weighted by Crippen LogP contribution is 2.05. The van der Waals surface area contributed by atoms with Crippen LogP contribution in [0, 0.1) is 6.92 Å². The van der Waals surface area contributed by atoms with Crippen molar-refractivity contribution in [2.24, 2.45) is 0 Å². The van der Waals surface area contributed by atoms with Crippen molar-refractivity contribution in [1.82, 2.24) is 5.16 Å². The van der Waals surface area contributed by atoms with Crippen molar-refractivity contribution in [2.75, 3.05) is 11.9 Å². The smallest absolute Gasteiger partial charge is 0.280 e. The average molecular weight is 212 g/mol. The summed E-state index contributed by atoms with van der Waals surface area (Å²) in [7, 11) is 0. The fraction of sp³-hybridized carbons (Fsp3) is 0.600. The first kappa shape index (κ1) is 11.7. The van der Waals surface area contributed by atoms with E-state index in [1.54, 1.807) is 13.0 Å². The Morgan fingerprint density at radius 1 is 1.60 bits per heavy atom. The molecule has 0 aromatic carbocycles. The Balaban J connectivity index is 2.37. The molecule has 1 aromatic rings. The number of rotatable bonds is 3. The van der Waals surface area contributed by atoms with Gasteiger partial charge in [-0.3, -0.25) is 4.79 Å². The molecule has 1 rings (SSSR count). The number of carbonyl (C=O) groups is 1. The van der Waals surface area contributed by atoms with Gasteiger partial charge in [-0.15, -0.1) is 0 Å².